The van der Waals surface area contributed by atoms with Gasteiger partial charge in [0.25, 0.3) is 0 Å². The molecule has 2 nitrogen and oxygen atoms in total. The number of terminal acetylenes is 1. The van der Waals surface area contributed by atoms with E-state index in [-0.39, 0.29) is 18.8 Å². The van der Waals surface area contributed by atoms with E-state index >= 15 is 0 Å². The Morgan fingerprint density at radius 1 is 1.37 bits per heavy atom. The number of ether oxygens (including phenoxy) is 1. The van der Waals surface area contributed by atoms with Crippen molar-refractivity contribution < 1.29 is 17.9 Å². The summed E-state index contributed by atoms with van der Waals surface area (Å²) in [4.78, 5) is 0. The summed E-state index contributed by atoms with van der Waals surface area (Å²) in [7, 11) is 0. The summed E-state index contributed by atoms with van der Waals surface area (Å²) in [6.45, 7) is 3.06. The number of hydrogen-bond donors (Lipinski definition) is 1. The Balaban J connectivity index is 2.93. The molecule has 104 valence electrons. The van der Waals surface area contributed by atoms with Crippen LogP contribution in [0.15, 0.2) is 18.2 Å². The van der Waals surface area contributed by atoms with Crippen LogP contribution in [-0.2, 0) is 12.7 Å². The fourth-order valence-electron chi connectivity index (χ4n) is 1.52. The van der Waals surface area contributed by atoms with Crippen molar-refractivity contribution in [1.29, 1.82) is 0 Å². The predicted molar refractivity (Wildman–Crippen MR) is 67.8 cm³/mol. The minimum absolute atomic E-state index is 0.0755. The number of alkyl halides is 3. The highest BCUT2D eigenvalue weighted by Crippen LogP contribution is 2.36. The molecule has 0 bridgehead atoms. The maximum Gasteiger partial charge on any atom is 0.419 e. The maximum absolute atomic E-state index is 12.9. The monoisotopic (exact) mass is 271 g/mol. The van der Waals surface area contributed by atoms with E-state index in [1.165, 1.54) is 6.07 Å². The van der Waals surface area contributed by atoms with Crippen LogP contribution in [0.5, 0.6) is 5.75 Å². The summed E-state index contributed by atoms with van der Waals surface area (Å²) in [5.74, 6) is 2.14. The van der Waals surface area contributed by atoms with Crippen LogP contribution in [0.3, 0.4) is 0 Å². The molecule has 0 atom stereocenters. The maximum atomic E-state index is 12.9. The van der Waals surface area contributed by atoms with Crippen LogP contribution in [0.25, 0.3) is 0 Å². The van der Waals surface area contributed by atoms with Crippen molar-refractivity contribution in [2.24, 2.45) is 0 Å². The fraction of sp³-hybridized carbons (Fsp3) is 0.429. The van der Waals surface area contributed by atoms with Crippen LogP contribution in [-0.4, -0.2) is 13.2 Å². The first-order valence-corrected chi connectivity index (χ1v) is 5.96. The first kappa shape index (κ1) is 15.4. The molecule has 0 unspecified atom stereocenters. The summed E-state index contributed by atoms with van der Waals surface area (Å²) >= 11 is 0. The lowest BCUT2D eigenvalue weighted by atomic mass is 10.1. The van der Waals surface area contributed by atoms with Crippen LogP contribution in [0, 0.1) is 12.3 Å². The van der Waals surface area contributed by atoms with E-state index < -0.39 is 11.7 Å². The zero-order valence-electron chi connectivity index (χ0n) is 10.7. The highest BCUT2D eigenvalue weighted by atomic mass is 19.4. The molecule has 0 heterocycles. The topological polar surface area (TPSA) is 21.3 Å². The van der Waals surface area contributed by atoms with Crippen LogP contribution >= 0.6 is 0 Å². The van der Waals surface area contributed by atoms with Crippen molar-refractivity contribution in [1.82, 2.24) is 5.32 Å². The van der Waals surface area contributed by atoms with E-state index in [2.05, 4.69) is 11.2 Å². The second kappa shape index (κ2) is 7.05. The van der Waals surface area contributed by atoms with Gasteiger partial charge in [0.05, 0.1) is 12.2 Å². The molecule has 0 aliphatic heterocycles. The largest absolute Gasteiger partial charge is 0.492 e. The number of nitrogens with one attached hydrogen (secondary N) is 1. The number of benzene rings is 1. The molecule has 0 amide bonds. The normalized spacial score (nSPS) is 11.1. The second-order valence-corrected chi connectivity index (χ2v) is 3.91. The molecule has 19 heavy (non-hydrogen) atoms. The highest BCUT2D eigenvalue weighted by Gasteiger charge is 2.34. The highest BCUT2D eigenvalue weighted by molar-refractivity contribution is 5.39. The quantitative estimate of drug-likeness (QED) is 0.633. The lowest BCUT2D eigenvalue weighted by Crippen LogP contribution is -2.14. The van der Waals surface area contributed by atoms with Gasteiger partial charge in [-0.2, -0.15) is 13.2 Å². The Bertz CT molecular complexity index is 449. The van der Waals surface area contributed by atoms with Gasteiger partial charge in [-0.15, -0.1) is 12.3 Å². The second-order valence-electron chi connectivity index (χ2n) is 3.91. The molecule has 5 heteroatoms. The third-order valence-electron chi connectivity index (χ3n) is 2.43. The fourth-order valence-corrected chi connectivity index (χ4v) is 1.52. The van der Waals surface area contributed by atoms with Crippen LogP contribution < -0.4 is 10.1 Å². The smallest absolute Gasteiger partial charge is 0.419 e. The van der Waals surface area contributed by atoms with Gasteiger partial charge in [-0.1, -0.05) is 13.0 Å². The van der Waals surface area contributed by atoms with E-state index in [1.807, 2.05) is 6.92 Å². The molecule has 0 saturated heterocycles. The summed E-state index contributed by atoms with van der Waals surface area (Å²) in [5, 5.41) is 2.98. The van der Waals surface area contributed by atoms with Gasteiger partial charge in [0.2, 0.25) is 0 Å². The van der Waals surface area contributed by atoms with Crippen LogP contribution in [0.1, 0.15) is 24.5 Å². The first-order chi connectivity index (χ1) is 8.99. The van der Waals surface area contributed by atoms with Crippen LogP contribution in [0.2, 0.25) is 0 Å². The Hall–Kier alpha value is -1.67. The zero-order chi connectivity index (χ0) is 14.3. The van der Waals surface area contributed by atoms with Crippen molar-refractivity contribution in [2.45, 2.75) is 26.1 Å². The van der Waals surface area contributed by atoms with Gasteiger partial charge in [0.15, 0.2) is 0 Å². The Kier molecular flexibility index (Phi) is 5.71. The molecule has 1 aromatic rings. The first-order valence-electron chi connectivity index (χ1n) is 5.96. The van der Waals surface area contributed by atoms with E-state index in [0.717, 1.165) is 6.07 Å². The van der Waals surface area contributed by atoms with E-state index in [0.29, 0.717) is 18.7 Å². The van der Waals surface area contributed by atoms with Gasteiger partial charge in [0, 0.05) is 13.0 Å². The molecule has 0 spiro atoms. The van der Waals surface area contributed by atoms with Gasteiger partial charge in [-0.25, -0.2) is 0 Å². The van der Waals surface area contributed by atoms with Gasteiger partial charge >= 0.3 is 6.18 Å². The summed E-state index contributed by atoms with van der Waals surface area (Å²) in [6, 6.07) is 4.06. The average molecular weight is 271 g/mol. The predicted octanol–water partition coefficient (Wildman–Crippen LogP) is 3.22. The SMILES string of the molecule is C#CCCOc1ccc(CNCC)cc1C(F)(F)F. The van der Waals surface area contributed by atoms with Crippen LogP contribution in [0.4, 0.5) is 13.2 Å². The van der Waals surface area contributed by atoms with E-state index in [9.17, 15) is 13.2 Å². The number of hydrogen-bond acceptors (Lipinski definition) is 2. The molecule has 0 aromatic heterocycles. The average Bonchev–Trinajstić information content (AvgIpc) is 2.36. The summed E-state index contributed by atoms with van der Waals surface area (Å²) < 4.78 is 43.8. The lowest BCUT2D eigenvalue weighted by Gasteiger charge is -2.15. The molecular formula is C14H16F3NO. The van der Waals surface area contributed by atoms with E-state index in [4.69, 9.17) is 11.2 Å². The van der Waals surface area contributed by atoms with E-state index in [1.54, 1.807) is 6.07 Å². The molecule has 0 radical (unpaired) electrons. The van der Waals surface area contributed by atoms with Crippen molar-refractivity contribution >= 4 is 0 Å². The summed E-state index contributed by atoms with van der Waals surface area (Å²) in [5.41, 5.74) is -0.196. The van der Waals surface area contributed by atoms with Crippen molar-refractivity contribution in [3.8, 4) is 18.1 Å². The standard InChI is InChI=1S/C14H16F3NO/c1-3-5-8-19-13-7-6-11(10-18-4-2)9-12(13)14(15,16)17/h1,6-7,9,18H,4-5,8,10H2,2H3. The molecule has 1 aromatic carbocycles. The van der Waals surface area contributed by atoms with Crippen molar-refractivity contribution in [2.75, 3.05) is 13.2 Å². The third kappa shape index (κ3) is 4.84. The van der Waals surface area contributed by atoms with Gasteiger partial charge in [-0.05, 0) is 24.2 Å². The molecular weight excluding hydrogens is 255 g/mol. The van der Waals surface area contributed by atoms with Crippen molar-refractivity contribution in [3.05, 3.63) is 29.3 Å². The summed E-state index contributed by atoms with van der Waals surface area (Å²) in [6.07, 6.45) is 0.872. The molecule has 0 saturated carbocycles. The Morgan fingerprint density at radius 2 is 2.11 bits per heavy atom. The lowest BCUT2D eigenvalue weighted by molar-refractivity contribution is -0.139. The number of halogens is 3. The molecule has 0 aliphatic carbocycles. The molecule has 1 N–H and O–H groups in total. The molecule has 1 rings (SSSR count). The molecule has 0 fully saturated rings. The van der Waals surface area contributed by atoms with Crippen molar-refractivity contribution in [3.63, 3.8) is 0 Å². The molecule has 0 aliphatic rings. The minimum atomic E-state index is -4.44. The number of rotatable bonds is 6. The van der Waals surface area contributed by atoms with Gasteiger partial charge in [0.1, 0.15) is 5.75 Å². The zero-order valence-corrected chi connectivity index (χ0v) is 10.7. The van der Waals surface area contributed by atoms with Gasteiger partial charge < -0.3 is 10.1 Å². The Morgan fingerprint density at radius 3 is 2.68 bits per heavy atom. The Labute approximate surface area is 111 Å². The minimum Gasteiger partial charge on any atom is -0.492 e. The van der Waals surface area contributed by atoms with Gasteiger partial charge in [-0.3, -0.25) is 0 Å². The third-order valence-corrected chi connectivity index (χ3v) is 2.43.